The van der Waals surface area contributed by atoms with E-state index >= 15 is 0 Å². The number of halogens is 3. The van der Waals surface area contributed by atoms with Gasteiger partial charge in [-0.25, -0.2) is 4.98 Å². The number of hydrogen-bond donors (Lipinski definition) is 1. The van der Waals surface area contributed by atoms with Crippen molar-refractivity contribution < 1.29 is 13.2 Å². The summed E-state index contributed by atoms with van der Waals surface area (Å²) in [7, 11) is 0. The number of imidazole rings is 1. The van der Waals surface area contributed by atoms with Crippen LogP contribution in [0.3, 0.4) is 0 Å². The van der Waals surface area contributed by atoms with Crippen LogP contribution in [-0.2, 0) is 13.1 Å². The van der Waals surface area contributed by atoms with E-state index in [2.05, 4.69) is 25.3 Å². The minimum Gasteiger partial charge on any atom is -0.325 e. The Morgan fingerprint density at radius 1 is 1.36 bits per heavy atom. The standard InChI is InChI=1S/C13H17F3N6/c14-13(15,16)9-22-5-3-17-12(22)8-21-4-1-2-10(7-21)11-6-18-20-19-11/h3,5-6,10H,1-2,4,7-9H2,(H,18,19,20). The average Bonchev–Trinajstić information content (AvgIpc) is 3.10. The second-order valence-electron chi connectivity index (χ2n) is 5.56. The van der Waals surface area contributed by atoms with Gasteiger partial charge in [0.05, 0.1) is 18.4 Å². The van der Waals surface area contributed by atoms with Crippen molar-refractivity contribution in [2.75, 3.05) is 13.1 Å². The van der Waals surface area contributed by atoms with E-state index in [9.17, 15) is 13.2 Å². The van der Waals surface area contributed by atoms with E-state index in [-0.39, 0.29) is 5.92 Å². The van der Waals surface area contributed by atoms with Gasteiger partial charge in [-0.05, 0) is 19.4 Å². The molecule has 1 saturated heterocycles. The molecular weight excluding hydrogens is 297 g/mol. The van der Waals surface area contributed by atoms with Crippen molar-refractivity contribution in [2.45, 2.75) is 38.0 Å². The molecule has 3 rings (SSSR count). The topological polar surface area (TPSA) is 62.6 Å². The van der Waals surface area contributed by atoms with Crippen molar-refractivity contribution >= 4 is 0 Å². The van der Waals surface area contributed by atoms with E-state index in [0.717, 1.165) is 31.6 Å². The minimum atomic E-state index is -4.24. The molecule has 1 fully saturated rings. The highest BCUT2D eigenvalue weighted by Crippen LogP contribution is 2.26. The first-order valence-electron chi connectivity index (χ1n) is 7.16. The van der Waals surface area contributed by atoms with Gasteiger partial charge < -0.3 is 4.57 Å². The maximum atomic E-state index is 12.5. The number of nitrogens with zero attached hydrogens (tertiary/aromatic N) is 5. The number of alkyl halides is 3. The summed E-state index contributed by atoms with van der Waals surface area (Å²) < 4.78 is 38.8. The Balaban J connectivity index is 1.65. The Bertz CT molecular complexity index is 591. The van der Waals surface area contributed by atoms with Crippen LogP contribution in [0.2, 0.25) is 0 Å². The summed E-state index contributed by atoms with van der Waals surface area (Å²) in [4.78, 5) is 6.19. The zero-order chi connectivity index (χ0) is 15.6. The molecule has 6 nitrogen and oxygen atoms in total. The Morgan fingerprint density at radius 2 is 2.23 bits per heavy atom. The number of rotatable bonds is 4. The molecule has 0 aliphatic carbocycles. The summed E-state index contributed by atoms with van der Waals surface area (Å²) in [5.41, 5.74) is 0.906. The Labute approximate surface area is 125 Å². The van der Waals surface area contributed by atoms with Gasteiger partial charge in [-0.3, -0.25) is 4.90 Å². The quantitative estimate of drug-likeness (QED) is 0.937. The van der Waals surface area contributed by atoms with Crippen LogP contribution in [-0.4, -0.2) is 49.1 Å². The number of aromatic amines is 1. The average molecular weight is 314 g/mol. The molecule has 2 aromatic heterocycles. The van der Waals surface area contributed by atoms with Crippen LogP contribution in [0.1, 0.15) is 30.3 Å². The smallest absolute Gasteiger partial charge is 0.325 e. The Hall–Kier alpha value is -1.90. The van der Waals surface area contributed by atoms with Crippen molar-refractivity contribution in [2.24, 2.45) is 0 Å². The van der Waals surface area contributed by atoms with Crippen LogP contribution in [0.4, 0.5) is 13.2 Å². The SMILES string of the molecule is FC(F)(F)Cn1ccnc1CN1CCCC(c2cn[nH]n2)C1. The molecule has 0 amide bonds. The normalized spacial score (nSPS) is 20.4. The third-order valence-corrected chi connectivity index (χ3v) is 3.87. The Morgan fingerprint density at radius 3 is 2.95 bits per heavy atom. The van der Waals surface area contributed by atoms with E-state index < -0.39 is 12.7 Å². The first kappa shape index (κ1) is 15.0. The van der Waals surface area contributed by atoms with Gasteiger partial charge >= 0.3 is 6.18 Å². The fraction of sp³-hybridized carbons (Fsp3) is 0.615. The van der Waals surface area contributed by atoms with Gasteiger partial charge in [-0.15, -0.1) is 0 Å². The summed E-state index contributed by atoms with van der Waals surface area (Å²) >= 11 is 0. The molecular formula is C13H17F3N6. The van der Waals surface area contributed by atoms with Crippen LogP contribution in [0.15, 0.2) is 18.6 Å². The van der Waals surface area contributed by atoms with E-state index in [1.807, 2.05) is 0 Å². The maximum absolute atomic E-state index is 12.5. The Kier molecular flexibility index (Phi) is 4.14. The molecule has 120 valence electrons. The number of piperidine rings is 1. The van der Waals surface area contributed by atoms with Crippen LogP contribution >= 0.6 is 0 Å². The highest BCUT2D eigenvalue weighted by molar-refractivity contribution is 5.04. The predicted octanol–water partition coefficient (Wildman–Crippen LogP) is 1.94. The van der Waals surface area contributed by atoms with Crippen molar-refractivity contribution in [3.8, 4) is 0 Å². The lowest BCUT2D eigenvalue weighted by atomic mass is 9.95. The third-order valence-electron chi connectivity index (χ3n) is 3.87. The van der Waals surface area contributed by atoms with Crippen molar-refractivity contribution in [1.82, 2.24) is 29.9 Å². The summed E-state index contributed by atoms with van der Waals surface area (Å²) in [5.74, 6) is 0.705. The molecule has 0 spiro atoms. The van der Waals surface area contributed by atoms with Gasteiger partial charge in [0.1, 0.15) is 12.4 Å². The molecule has 0 radical (unpaired) electrons. The lowest BCUT2D eigenvalue weighted by molar-refractivity contribution is -0.141. The second-order valence-corrected chi connectivity index (χ2v) is 5.56. The minimum absolute atomic E-state index is 0.263. The zero-order valence-corrected chi connectivity index (χ0v) is 11.9. The predicted molar refractivity (Wildman–Crippen MR) is 71.9 cm³/mol. The van der Waals surface area contributed by atoms with Gasteiger partial charge in [0.15, 0.2) is 0 Å². The molecule has 2 aromatic rings. The van der Waals surface area contributed by atoms with Crippen LogP contribution in [0.5, 0.6) is 0 Å². The first-order valence-corrected chi connectivity index (χ1v) is 7.16. The van der Waals surface area contributed by atoms with Crippen LogP contribution < -0.4 is 0 Å². The maximum Gasteiger partial charge on any atom is 0.406 e. The molecule has 0 saturated carbocycles. The van der Waals surface area contributed by atoms with E-state index in [1.54, 1.807) is 6.20 Å². The molecule has 9 heteroatoms. The van der Waals surface area contributed by atoms with Crippen molar-refractivity contribution in [1.29, 1.82) is 0 Å². The second kappa shape index (κ2) is 6.07. The highest BCUT2D eigenvalue weighted by atomic mass is 19.4. The third kappa shape index (κ3) is 3.65. The van der Waals surface area contributed by atoms with Gasteiger partial charge in [-0.1, -0.05) is 0 Å². The molecule has 1 atom stereocenters. The van der Waals surface area contributed by atoms with Crippen molar-refractivity contribution in [3.63, 3.8) is 0 Å². The molecule has 1 aliphatic heterocycles. The molecule has 22 heavy (non-hydrogen) atoms. The lowest BCUT2D eigenvalue weighted by Gasteiger charge is -2.31. The number of H-pyrrole nitrogens is 1. The summed E-state index contributed by atoms with van der Waals surface area (Å²) in [6.45, 7) is 1.03. The summed E-state index contributed by atoms with van der Waals surface area (Å²) in [5, 5.41) is 10.5. The van der Waals surface area contributed by atoms with Crippen LogP contribution in [0.25, 0.3) is 0 Å². The summed E-state index contributed by atoms with van der Waals surface area (Å²) in [6.07, 6.45) is 2.26. The largest absolute Gasteiger partial charge is 0.406 e. The monoisotopic (exact) mass is 314 g/mol. The van der Waals surface area contributed by atoms with Gasteiger partial charge in [0, 0.05) is 24.9 Å². The fourth-order valence-electron chi connectivity index (χ4n) is 2.88. The molecule has 0 aromatic carbocycles. The van der Waals surface area contributed by atoms with E-state index in [0.29, 0.717) is 12.4 Å². The van der Waals surface area contributed by atoms with Gasteiger partial charge in [0.25, 0.3) is 0 Å². The van der Waals surface area contributed by atoms with Crippen molar-refractivity contribution in [3.05, 3.63) is 30.1 Å². The zero-order valence-electron chi connectivity index (χ0n) is 11.9. The highest BCUT2D eigenvalue weighted by Gasteiger charge is 2.30. The number of nitrogens with one attached hydrogen (secondary N) is 1. The number of hydrogen-bond acceptors (Lipinski definition) is 4. The van der Waals surface area contributed by atoms with E-state index in [4.69, 9.17) is 0 Å². The molecule has 0 bridgehead atoms. The molecule has 3 heterocycles. The fourth-order valence-corrected chi connectivity index (χ4v) is 2.88. The molecule has 1 aliphatic rings. The lowest BCUT2D eigenvalue weighted by Crippen LogP contribution is -2.35. The van der Waals surface area contributed by atoms with Gasteiger partial charge in [0.2, 0.25) is 0 Å². The van der Waals surface area contributed by atoms with E-state index in [1.165, 1.54) is 17.0 Å². The van der Waals surface area contributed by atoms with Gasteiger partial charge in [-0.2, -0.15) is 28.6 Å². The van der Waals surface area contributed by atoms with Crippen LogP contribution in [0, 0.1) is 0 Å². The number of aromatic nitrogens is 5. The first-order chi connectivity index (χ1) is 10.5. The molecule has 1 unspecified atom stereocenters. The summed E-state index contributed by atoms with van der Waals surface area (Å²) in [6, 6.07) is 0. The number of likely N-dealkylation sites (tertiary alicyclic amines) is 1. The molecule has 1 N–H and O–H groups in total.